The van der Waals surface area contributed by atoms with Gasteiger partial charge in [0.25, 0.3) is 0 Å². The van der Waals surface area contributed by atoms with Crippen LogP contribution in [-0.2, 0) is 0 Å². The molecule has 4 aromatic rings. The summed E-state index contributed by atoms with van der Waals surface area (Å²) < 4.78 is 0. The fraction of sp³-hybridized carbons (Fsp3) is 0.138. The molecule has 0 saturated carbocycles. The first kappa shape index (κ1) is 21.4. The van der Waals surface area contributed by atoms with Gasteiger partial charge < -0.3 is 9.80 Å². The van der Waals surface area contributed by atoms with Crippen LogP contribution in [0.15, 0.2) is 78.9 Å². The number of hydrogen-bond acceptors (Lipinski definition) is 3. The monoisotopic (exact) mass is 419 g/mol. The normalized spacial score (nSPS) is 11.5. The third-order valence-electron chi connectivity index (χ3n) is 5.49. The van der Waals surface area contributed by atoms with Crippen LogP contribution in [0.3, 0.4) is 0 Å². The highest BCUT2D eigenvalue weighted by Gasteiger charge is 2.03. The summed E-state index contributed by atoms with van der Waals surface area (Å²) in [5.41, 5.74) is 7.83. The van der Waals surface area contributed by atoms with E-state index in [2.05, 4.69) is 135 Å². The number of anilines is 2. The van der Waals surface area contributed by atoms with E-state index in [0.29, 0.717) is 0 Å². The molecular weight excluding hydrogens is 390 g/mol. The van der Waals surface area contributed by atoms with Crippen molar-refractivity contribution in [3.63, 3.8) is 0 Å². The fourth-order valence-electron chi connectivity index (χ4n) is 3.58. The van der Waals surface area contributed by atoms with E-state index >= 15 is 0 Å². The van der Waals surface area contributed by atoms with Crippen molar-refractivity contribution in [2.24, 2.45) is 0 Å². The van der Waals surface area contributed by atoms with E-state index in [4.69, 9.17) is 4.98 Å². The van der Waals surface area contributed by atoms with E-state index in [9.17, 15) is 0 Å². The molecule has 0 radical (unpaired) electrons. The summed E-state index contributed by atoms with van der Waals surface area (Å²) in [4.78, 5) is 9.06. The molecule has 160 valence electrons. The zero-order valence-corrected chi connectivity index (χ0v) is 19.2. The number of rotatable bonds is 6. The second kappa shape index (κ2) is 9.52. The van der Waals surface area contributed by atoms with Crippen molar-refractivity contribution in [3.05, 3.63) is 101 Å². The lowest BCUT2D eigenvalue weighted by molar-refractivity contribution is 1.13. The lowest BCUT2D eigenvalue weighted by atomic mass is 10.0. The van der Waals surface area contributed by atoms with E-state index in [1.54, 1.807) is 0 Å². The van der Waals surface area contributed by atoms with Gasteiger partial charge >= 0.3 is 0 Å². The second-order valence-corrected chi connectivity index (χ2v) is 8.29. The summed E-state index contributed by atoms with van der Waals surface area (Å²) in [5, 5.41) is 1.15. The molecular formula is C29H29N3. The highest BCUT2D eigenvalue weighted by molar-refractivity contribution is 5.92. The summed E-state index contributed by atoms with van der Waals surface area (Å²) in [6, 6.07) is 27.5. The van der Waals surface area contributed by atoms with E-state index in [1.165, 1.54) is 16.9 Å². The van der Waals surface area contributed by atoms with Gasteiger partial charge in [-0.05, 0) is 59.2 Å². The van der Waals surface area contributed by atoms with Crippen LogP contribution in [0.4, 0.5) is 11.4 Å². The number of benzene rings is 3. The molecule has 3 heteroatoms. The Morgan fingerprint density at radius 2 is 1.12 bits per heavy atom. The molecule has 3 aromatic carbocycles. The number of hydrogen-bond donors (Lipinski definition) is 0. The van der Waals surface area contributed by atoms with Gasteiger partial charge in [0.1, 0.15) is 0 Å². The number of aromatic nitrogens is 1. The standard InChI is InChI=1S/C29H29N3/c1-31(2)26-17-11-22(12-18-26)9-15-24-21-25(30-29-8-6-5-7-28(24)29)16-10-23-13-19-27(20-14-23)32(3)4/h5-21H,1-4H3/b15-9+,16-10+. The maximum atomic E-state index is 4.85. The van der Waals surface area contributed by atoms with Gasteiger partial charge in [-0.2, -0.15) is 0 Å². The Morgan fingerprint density at radius 1 is 0.594 bits per heavy atom. The Balaban J connectivity index is 1.63. The molecule has 0 N–H and O–H groups in total. The molecule has 0 saturated heterocycles. The van der Waals surface area contributed by atoms with Crippen LogP contribution in [0.2, 0.25) is 0 Å². The Kier molecular flexibility index (Phi) is 6.37. The average Bonchev–Trinajstić information content (AvgIpc) is 2.81. The molecule has 0 unspecified atom stereocenters. The van der Waals surface area contributed by atoms with Gasteiger partial charge in [-0.15, -0.1) is 0 Å². The van der Waals surface area contributed by atoms with Crippen LogP contribution >= 0.6 is 0 Å². The first-order chi connectivity index (χ1) is 15.5. The zero-order valence-electron chi connectivity index (χ0n) is 19.2. The molecule has 4 rings (SSSR count). The highest BCUT2D eigenvalue weighted by atomic mass is 15.1. The third kappa shape index (κ3) is 5.06. The lowest BCUT2D eigenvalue weighted by Gasteiger charge is -2.12. The Hall–Kier alpha value is -3.85. The van der Waals surface area contributed by atoms with Crippen LogP contribution in [0, 0.1) is 0 Å². The van der Waals surface area contributed by atoms with Gasteiger partial charge in [0.05, 0.1) is 11.2 Å². The van der Waals surface area contributed by atoms with Crippen molar-refractivity contribution in [2.45, 2.75) is 0 Å². The van der Waals surface area contributed by atoms with Gasteiger partial charge in [0.15, 0.2) is 0 Å². The fourth-order valence-corrected chi connectivity index (χ4v) is 3.58. The predicted octanol–water partition coefficient (Wildman–Crippen LogP) is 6.71. The van der Waals surface area contributed by atoms with Crippen molar-refractivity contribution in [1.82, 2.24) is 4.98 Å². The molecule has 0 atom stereocenters. The first-order valence-corrected chi connectivity index (χ1v) is 10.8. The minimum Gasteiger partial charge on any atom is -0.378 e. The molecule has 0 bridgehead atoms. The van der Waals surface area contributed by atoms with E-state index in [0.717, 1.165) is 27.7 Å². The minimum atomic E-state index is 0.947. The zero-order chi connectivity index (χ0) is 22.5. The summed E-state index contributed by atoms with van der Waals surface area (Å²) in [7, 11) is 8.21. The van der Waals surface area contributed by atoms with E-state index in [1.807, 2.05) is 6.07 Å². The van der Waals surface area contributed by atoms with Crippen LogP contribution < -0.4 is 9.80 Å². The quantitative estimate of drug-likeness (QED) is 0.346. The van der Waals surface area contributed by atoms with Crippen LogP contribution in [-0.4, -0.2) is 33.2 Å². The SMILES string of the molecule is CN(C)c1ccc(/C=C/c2cc(/C=C/c3ccc(N(C)C)cc3)c3ccccc3n2)cc1. The molecule has 0 aliphatic rings. The van der Waals surface area contributed by atoms with Crippen molar-refractivity contribution in [3.8, 4) is 0 Å². The van der Waals surface area contributed by atoms with Gasteiger partial charge in [-0.1, -0.05) is 60.7 Å². The maximum absolute atomic E-state index is 4.85. The molecule has 32 heavy (non-hydrogen) atoms. The third-order valence-corrected chi connectivity index (χ3v) is 5.49. The number of fused-ring (bicyclic) bond motifs is 1. The highest BCUT2D eigenvalue weighted by Crippen LogP contribution is 2.23. The summed E-state index contributed by atoms with van der Waals surface area (Å²) >= 11 is 0. The predicted molar refractivity (Wildman–Crippen MR) is 141 cm³/mol. The number of para-hydroxylation sites is 1. The summed E-state index contributed by atoms with van der Waals surface area (Å²) in [6.07, 6.45) is 8.54. The lowest BCUT2D eigenvalue weighted by Crippen LogP contribution is -2.07. The van der Waals surface area contributed by atoms with Gasteiger partial charge in [0.2, 0.25) is 0 Å². The molecule has 1 aromatic heterocycles. The second-order valence-electron chi connectivity index (χ2n) is 8.29. The molecule has 0 fully saturated rings. The molecule has 0 aliphatic heterocycles. The van der Waals surface area contributed by atoms with Crippen molar-refractivity contribution in [2.75, 3.05) is 38.0 Å². The average molecular weight is 420 g/mol. The molecule has 0 spiro atoms. The summed E-state index contributed by atoms with van der Waals surface area (Å²) in [5.74, 6) is 0. The number of nitrogens with zero attached hydrogens (tertiary/aromatic N) is 3. The topological polar surface area (TPSA) is 19.4 Å². The van der Waals surface area contributed by atoms with Crippen LogP contribution in [0.25, 0.3) is 35.2 Å². The Morgan fingerprint density at radius 3 is 1.69 bits per heavy atom. The van der Waals surface area contributed by atoms with Crippen molar-refractivity contribution in [1.29, 1.82) is 0 Å². The molecule has 3 nitrogen and oxygen atoms in total. The molecule has 0 aliphatic carbocycles. The van der Waals surface area contributed by atoms with E-state index in [-0.39, 0.29) is 0 Å². The van der Waals surface area contributed by atoms with Crippen LogP contribution in [0.1, 0.15) is 22.4 Å². The first-order valence-electron chi connectivity index (χ1n) is 10.8. The van der Waals surface area contributed by atoms with E-state index < -0.39 is 0 Å². The summed E-state index contributed by atoms with van der Waals surface area (Å²) in [6.45, 7) is 0. The largest absolute Gasteiger partial charge is 0.378 e. The smallest absolute Gasteiger partial charge is 0.0715 e. The van der Waals surface area contributed by atoms with Crippen LogP contribution in [0.5, 0.6) is 0 Å². The Bertz CT molecular complexity index is 1250. The van der Waals surface area contributed by atoms with Gasteiger partial charge in [-0.25, -0.2) is 4.98 Å². The molecule has 1 heterocycles. The minimum absolute atomic E-state index is 0.947. The maximum Gasteiger partial charge on any atom is 0.0715 e. The van der Waals surface area contributed by atoms with Gasteiger partial charge in [0, 0.05) is 45.0 Å². The molecule has 0 amide bonds. The van der Waals surface area contributed by atoms with Gasteiger partial charge in [-0.3, -0.25) is 0 Å². The van der Waals surface area contributed by atoms with Crippen molar-refractivity contribution < 1.29 is 0 Å². The van der Waals surface area contributed by atoms with Crippen molar-refractivity contribution >= 4 is 46.6 Å². The number of pyridine rings is 1. The Labute approximate surface area is 191 Å².